The fourth-order valence-electron chi connectivity index (χ4n) is 2.83. The van der Waals surface area contributed by atoms with Gasteiger partial charge in [-0.25, -0.2) is 0 Å². The molecule has 1 aliphatic rings. The van der Waals surface area contributed by atoms with Crippen LogP contribution in [-0.4, -0.2) is 0 Å². The van der Waals surface area contributed by atoms with Gasteiger partial charge in [0.05, 0.1) is 6.07 Å². The first-order chi connectivity index (χ1) is 7.81. The highest BCUT2D eigenvalue weighted by atomic mass is 14.3. The van der Waals surface area contributed by atoms with Crippen molar-refractivity contribution in [1.82, 2.24) is 0 Å². The summed E-state index contributed by atoms with van der Waals surface area (Å²) in [6, 6.07) is 11.1. The van der Waals surface area contributed by atoms with E-state index in [2.05, 4.69) is 37.3 Å². The van der Waals surface area contributed by atoms with Crippen molar-refractivity contribution in [2.24, 2.45) is 5.92 Å². The maximum atomic E-state index is 8.96. The molecular formula is C15H19N. The van der Waals surface area contributed by atoms with Crippen molar-refractivity contribution in [3.05, 3.63) is 35.4 Å². The van der Waals surface area contributed by atoms with Gasteiger partial charge in [0, 0.05) is 6.42 Å². The minimum atomic E-state index is 0.466. The second kappa shape index (κ2) is 5.16. The third-order valence-corrected chi connectivity index (χ3v) is 3.79. The zero-order valence-corrected chi connectivity index (χ0v) is 9.95. The van der Waals surface area contributed by atoms with Crippen molar-refractivity contribution >= 4 is 0 Å². The van der Waals surface area contributed by atoms with Crippen LogP contribution >= 0.6 is 0 Å². The molecule has 1 nitrogen and oxygen atoms in total. The largest absolute Gasteiger partial charge is 0.198 e. The molecule has 1 unspecified atom stereocenters. The minimum absolute atomic E-state index is 0.466. The molecule has 16 heavy (non-hydrogen) atoms. The number of rotatable bonds is 3. The number of nitriles is 1. The lowest BCUT2D eigenvalue weighted by Crippen LogP contribution is -2.09. The summed E-state index contributed by atoms with van der Waals surface area (Å²) in [5.41, 5.74) is 2.66. The fourth-order valence-corrected chi connectivity index (χ4v) is 2.83. The topological polar surface area (TPSA) is 23.8 Å². The van der Waals surface area contributed by atoms with E-state index >= 15 is 0 Å². The first-order valence-electron chi connectivity index (χ1n) is 6.25. The van der Waals surface area contributed by atoms with Crippen LogP contribution in [0.4, 0.5) is 0 Å². The highest BCUT2D eigenvalue weighted by Crippen LogP contribution is 2.39. The third kappa shape index (κ3) is 2.44. The molecular weight excluding hydrogens is 194 g/mol. The third-order valence-electron chi connectivity index (χ3n) is 3.79. The van der Waals surface area contributed by atoms with Crippen LogP contribution in [0, 0.1) is 24.2 Å². The quantitative estimate of drug-likeness (QED) is 0.738. The fraction of sp³-hybridized carbons (Fsp3) is 0.533. The van der Waals surface area contributed by atoms with Gasteiger partial charge in [0.2, 0.25) is 0 Å². The molecule has 0 heterocycles. The van der Waals surface area contributed by atoms with E-state index in [4.69, 9.17) is 5.26 Å². The van der Waals surface area contributed by atoms with Gasteiger partial charge in [-0.05, 0) is 37.2 Å². The smallest absolute Gasteiger partial charge is 0.0628 e. The van der Waals surface area contributed by atoms with Crippen molar-refractivity contribution in [2.75, 3.05) is 0 Å². The van der Waals surface area contributed by atoms with Crippen LogP contribution in [0.2, 0.25) is 0 Å². The average Bonchev–Trinajstić information content (AvgIpc) is 2.81. The van der Waals surface area contributed by atoms with Gasteiger partial charge in [0.1, 0.15) is 0 Å². The van der Waals surface area contributed by atoms with Gasteiger partial charge in [0.25, 0.3) is 0 Å². The summed E-state index contributed by atoms with van der Waals surface area (Å²) in [6.07, 6.45) is 5.98. The van der Waals surface area contributed by atoms with Gasteiger partial charge in [-0.2, -0.15) is 5.26 Å². The van der Waals surface area contributed by atoms with Crippen LogP contribution in [0.25, 0.3) is 0 Å². The Hall–Kier alpha value is -1.29. The SMILES string of the molecule is Cc1ccc(C(CC#N)C2CCCC2)cc1. The van der Waals surface area contributed by atoms with E-state index in [1.165, 1.54) is 36.8 Å². The predicted molar refractivity (Wildman–Crippen MR) is 66.1 cm³/mol. The molecule has 1 heteroatoms. The molecule has 1 atom stereocenters. The van der Waals surface area contributed by atoms with Crippen LogP contribution in [0.5, 0.6) is 0 Å². The number of hydrogen-bond donors (Lipinski definition) is 0. The molecule has 0 spiro atoms. The molecule has 0 radical (unpaired) electrons. The Balaban J connectivity index is 2.18. The molecule has 1 fully saturated rings. The Labute approximate surface area is 98.1 Å². The van der Waals surface area contributed by atoms with E-state index in [0.29, 0.717) is 12.3 Å². The summed E-state index contributed by atoms with van der Waals surface area (Å²) in [4.78, 5) is 0. The van der Waals surface area contributed by atoms with Crippen LogP contribution in [0.3, 0.4) is 0 Å². The predicted octanol–water partition coefficient (Wildman–Crippen LogP) is 4.18. The van der Waals surface area contributed by atoms with Gasteiger partial charge in [-0.3, -0.25) is 0 Å². The monoisotopic (exact) mass is 213 g/mol. The van der Waals surface area contributed by atoms with Crippen molar-refractivity contribution in [3.8, 4) is 6.07 Å². The molecule has 1 aromatic carbocycles. The maximum absolute atomic E-state index is 8.96. The van der Waals surface area contributed by atoms with Gasteiger partial charge in [-0.1, -0.05) is 42.7 Å². The molecule has 1 aromatic rings. The minimum Gasteiger partial charge on any atom is -0.198 e. The van der Waals surface area contributed by atoms with Gasteiger partial charge >= 0.3 is 0 Å². The highest BCUT2D eigenvalue weighted by molar-refractivity contribution is 5.26. The molecule has 0 saturated heterocycles. The number of benzene rings is 1. The Morgan fingerprint density at radius 3 is 2.44 bits per heavy atom. The molecule has 0 N–H and O–H groups in total. The summed E-state index contributed by atoms with van der Waals surface area (Å²) in [5, 5.41) is 8.96. The molecule has 0 aliphatic heterocycles. The Kier molecular flexibility index (Phi) is 3.62. The molecule has 1 saturated carbocycles. The average molecular weight is 213 g/mol. The molecule has 1 aliphatic carbocycles. The van der Waals surface area contributed by atoms with E-state index in [9.17, 15) is 0 Å². The van der Waals surface area contributed by atoms with Crippen LogP contribution in [0.15, 0.2) is 24.3 Å². The van der Waals surface area contributed by atoms with Crippen molar-refractivity contribution in [1.29, 1.82) is 5.26 Å². The number of nitrogens with zero attached hydrogens (tertiary/aromatic N) is 1. The summed E-state index contributed by atoms with van der Waals surface area (Å²) >= 11 is 0. The van der Waals surface area contributed by atoms with E-state index in [1.54, 1.807) is 0 Å². The first kappa shape index (κ1) is 11.2. The van der Waals surface area contributed by atoms with Crippen LogP contribution in [-0.2, 0) is 0 Å². The van der Waals surface area contributed by atoms with Gasteiger partial charge < -0.3 is 0 Å². The number of hydrogen-bond acceptors (Lipinski definition) is 1. The summed E-state index contributed by atoms with van der Waals surface area (Å²) in [5.74, 6) is 1.20. The zero-order chi connectivity index (χ0) is 11.4. The second-order valence-corrected chi connectivity index (χ2v) is 4.92. The molecule has 84 valence electrons. The lowest BCUT2D eigenvalue weighted by atomic mass is 9.83. The Bertz CT molecular complexity index is 365. The first-order valence-corrected chi connectivity index (χ1v) is 6.25. The molecule has 0 bridgehead atoms. The van der Waals surface area contributed by atoms with E-state index < -0.39 is 0 Å². The number of aryl methyl sites for hydroxylation is 1. The van der Waals surface area contributed by atoms with E-state index in [0.717, 1.165) is 5.92 Å². The van der Waals surface area contributed by atoms with Gasteiger partial charge in [-0.15, -0.1) is 0 Å². The molecule has 2 rings (SSSR count). The van der Waals surface area contributed by atoms with Crippen molar-refractivity contribution in [2.45, 2.75) is 44.9 Å². The van der Waals surface area contributed by atoms with Crippen LogP contribution < -0.4 is 0 Å². The lowest BCUT2D eigenvalue weighted by Gasteiger charge is -2.21. The standard InChI is InChI=1S/C15H19N/c1-12-6-8-14(9-7-12)15(10-11-16)13-4-2-3-5-13/h6-9,13,15H,2-5,10H2,1H3. The zero-order valence-electron chi connectivity index (χ0n) is 9.95. The van der Waals surface area contributed by atoms with E-state index in [1.807, 2.05) is 0 Å². The maximum Gasteiger partial charge on any atom is 0.0628 e. The molecule has 0 aromatic heterocycles. The lowest BCUT2D eigenvalue weighted by molar-refractivity contribution is 0.439. The summed E-state index contributed by atoms with van der Waals surface area (Å²) in [6.45, 7) is 2.11. The van der Waals surface area contributed by atoms with Crippen molar-refractivity contribution < 1.29 is 0 Å². The Morgan fingerprint density at radius 2 is 1.88 bits per heavy atom. The van der Waals surface area contributed by atoms with E-state index in [-0.39, 0.29) is 0 Å². The van der Waals surface area contributed by atoms with Crippen LogP contribution in [0.1, 0.15) is 49.1 Å². The highest BCUT2D eigenvalue weighted by Gasteiger charge is 2.25. The van der Waals surface area contributed by atoms with Gasteiger partial charge in [0.15, 0.2) is 0 Å². The molecule has 0 amide bonds. The van der Waals surface area contributed by atoms with Crippen molar-refractivity contribution in [3.63, 3.8) is 0 Å². The Morgan fingerprint density at radius 1 is 1.25 bits per heavy atom. The summed E-state index contributed by atoms with van der Waals surface area (Å²) < 4.78 is 0. The second-order valence-electron chi connectivity index (χ2n) is 4.92. The summed E-state index contributed by atoms with van der Waals surface area (Å²) in [7, 11) is 0. The normalized spacial score (nSPS) is 18.2.